The third-order valence-corrected chi connectivity index (χ3v) is 12.3. The molecule has 6 aromatic heterocycles. The van der Waals surface area contributed by atoms with Crippen LogP contribution in [0, 0.1) is 0 Å². The highest BCUT2D eigenvalue weighted by Crippen LogP contribution is 2.42. The van der Waals surface area contributed by atoms with Crippen molar-refractivity contribution in [3.05, 3.63) is 176 Å². The standard InChI is InChI=1S/C53H29N5O3/c1-5-13-42-34(9-1)38-20-21-39-35-10-2-6-14-43(35)58(50(39)49(38)57(42)33-19-24-44-30(27-33)25-26-59-44)53-55-51(31-17-22-47-40(28-31)36-11-3-7-15-45(36)60-47)54-52(56-53)32-18-23-48-41(29-32)37-12-4-8-16-46(37)61-48/h1-29H. The van der Waals surface area contributed by atoms with E-state index in [1.54, 1.807) is 6.26 Å². The molecule has 0 spiro atoms. The van der Waals surface area contributed by atoms with Crippen molar-refractivity contribution >= 4 is 98.5 Å². The number of furan rings is 3. The van der Waals surface area contributed by atoms with E-state index < -0.39 is 0 Å². The van der Waals surface area contributed by atoms with Crippen LogP contribution < -0.4 is 0 Å². The summed E-state index contributed by atoms with van der Waals surface area (Å²) in [5.74, 6) is 1.61. The summed E-state index contributed by atoms with van der Waals surface area (Å²) < 4.78 is 22.9. The number of rotatable bonds is 4. The maximum Gasteiger partial charge on any atom is 0.238 e. The van der Waals surface area contributed by atoms with Crippen molar-refractivity contribution in [3.63, 3.8) is 0 Å². The summed E-state index contributed by atoms with van der Waals surface area (Å²) >= 11 is 0. The molecule has 0 aliphatic carbocycles. The maximum absolute atomic E-state index is 6.24. The molecule has 0 unspecified atom stereocenters. The lowest BCUT2D eigenvalue weighted by atomic mass is 10.1. The number of benzene rings is 8. The molecule has 6 heterocycles. The predicted molar refractivity (Wildman–Crippen MR) is 244 cm³/mol. The fourth-order valence-corrected chi connectivity index (χ4v) is 9.52. The second-order valence-corrected chi connectivity index (χ2v) is 15.6. The van der Waals surface area contributed by atoms with Crippen LogP contribution in [0.3, 0.4) is 0 Å². The number of nitrogens with zero attached hydrogens (tertiary/aromatic N) is 5. The zero-order valence-electron chi connectivity index (χ0n) is 32.2. The summed E-state index contributed by atoms with van der Waals surface area (Å²) in [6, 6.07) is 58.6. The van der Waals surface area contributed by atoms with Gasteiger partial charge in [0.25, 0.3) is 0 Å². The fraction of sp³-hybridized carbons (Fsp3) is 0. The Labute approximate surface area is 345 Å². The van der Waals surface area contributed by atoms with Gasteiger partial charge in [0.15, 0.2) is 11.6 Å². The molecule has 0 atom stereocenters. The summed E-state index contributed by atoms with van der Waals surface area (Å²) in [5, 5.41) is 9.59. The van der Waals surface area contributed by atoms with Gasteiger partial charge in [-0.15, -0.1) is 0 Å². The highest BCUT2D eigenvalue weighted by atomic mass is 16.3. The maximum atomic E-state index is 6.24. The van der Waals surface area contributed by atoms with Gasteiger partial charge in [-0.3, -0.25) is 4.57 Å². The van der Waals surface area contributed by atoms with Crippen molar-refractivity contribution in [1.82, 2.24) is 24.1 Å². The summed E-state index contributed by atoms with van der Waals surface area (Å²) in [6.45, 7) is 0. The van der Waals surface area contributed by atoms with Gasteiger partial charge in [-0.1, -0.05) is 84.9 Å². The number of hydrogen-bond donors (Lipinski definition) is 0. The summed E-state index contributed by atoms with van der Waals surface area (Å²) in [5.41, 5.74) is 11.0. The first kappa shape index (κ1) is 32.5. The Morgan fingerprint density at radius 2 is 0.869 bits per heavy atom. The third-order valence-electron chi connectivity index (χ3n) is 12.3. The SMILES string of the molecule is c1ccc2c(c1)oc1ccc(-c3nc(-c4ccc5oc6ccccc6c5c4)nc(-n4c5ccccc5c5ccc6c7ccccc7n(-c7ccc8occc8c7)c6c54)n3)cc12. The van der Waals surface area contributed by atoms with E-state index in [1.807, 2.05) is 72.8 Å². The van der Waals surface area contributed by atoms with Gasteiger partial charge in [-0.2, -0.15) is 9.97 Å². The van der Waals surface area contributed by atoms with E-state index in [0.29, 0.717) is 17.6 Å². The molecule has 14 aromatic rings. The van der Waals surface area contributed by atoms with Crippen LogP contribution in [0.1, 0.15) is 0 Å². The van der Waals surface area contributed by atoms with Gasteiger partial charge in [-0.05, 0) is 84.9 Å². The van der Waals surface area contributed by atoms with Gasteiger partial charge in [0, 0.05) is 65.3 Å². The molecule has 8 heteroatoms. The predicted octanol–water partition coefficient (Wildman–Crippen LogP) is 13.9. The van der Waals surface area contributed by atoms with Crippen molar-refractivity contribution in [2.24, 2.45) is 0 Å². The van der Waals surface area contributed by atoms with Crippen LogP contribution in [-0.4, -0.2) is 24.1 Å². The minimum absolute atomic E-state index is 0.509. The van der Waals surface area contributed by atoms with Crippen molar-refractivity contribution in [2.75, 3.05) is 0 Å². The molecule has 0 N–H and O–H groups in total. The molecule has 8 aromatic carbocycles. The van der Waals surface area contributed by atoms with Crippen LogP contribution in [-0.2, 0) is 0 Å². The van der Waals surface area contributed by atoms with Crippen LogP contribution in [0.5, 0.6) is 0 Å². The normalized spacial score (nSPS) is 12.3. The van der Waals surface area contributed by atoms with E-state index in [2.05, 4.69) is 106 Å². The Kier molecular flexibility index (Phi) is 6.40. The minimum Gasteiger partial charge on any atom is -0.464 e. The molecule has 61 heavy (non-hydrogen) atoms. The van der Waals surface area contributed by atoms with E-state index in [-0.39, 0.29) is 0 Å². The van der Waals surface area contributed by atoms with Crippen molar-refractivity contribution in [2.45, 2.75) is 0 Å². The summed E-state index contributed by atoms with van der Waals surface area (Å²) in [6.07, 6.45) is 1.74. The minimum atomic E-state index is 0.509. The molecule has 14 rings (SSSR count). The monoisotopic (exact) mass is 783 g/mol. The molecule has 0 bridgehead atoms. The van der Waals surface area contributed by atoms with Gasteiger partial charge in [0.2, 0.25) is 5.95 Å². The molecule has 0 aliphatic rings. The molecule has 0 saturated heterocycles. The lowest BCUT2D eigenvalue weighted by Crippen LogP contribution is -2.07. The third kappa shape index (κ3) is 4.61. The quantitative estimate of drug-likeness (QED) is 0.177. The van der Waals surface area contributed by atoms with Crippen LogP contribution >= 0.6 is 0 Å². The van der Waals surface area contributed by atoms with E-state index in [0.717, 1.165) is 115 Å². The molecular formula is C53H29N5O3. The van der Waals surface area contributed by atoms with Crippen LogP contribution in [0.4, 0.5) is 0 Å². The number of para-hydroxylation sites is 4. The first-order valence-electron chi connectivity index (χ1n) is 20.2. The average molecular weight is 784 g/mol. The number of fused-ring (bicyclic) bond motifs is 14. The molecule has 8 nitrogen and oxygen atoms in total. The first-order chi connectivity index (χ1) is 30.2. The topological polar surface area (TPSA) is 88.0 Å². The molecule has 0 saturated carbocycles. The summed E-state index contributed by atoms with van der Waals surface area (Å²) in [7, 11) is 0. The highest BCUT2D eigenvalue weighted by Gasteiger charge is 2.24. The molecule has 284 valence electrons. The van der Waals surface area contributed by atoms with Crippen molar-refractivity contribution in [3.8, 4) is 34.4 Å². The summed E-state index contributed by atoms with van der Waals surface area (Å²) in [4.78, 5) is 16.1. The molecule has 0 fully saturated rings. The molecule has 0 aliphatic heterocycles. The lowest BCUT2D eigenvalue weighted by Gasteiger charge is -2.13. The van der Waals surface area contributed by atoms with Crippen LogP contribution in [0.15, 0.2) is 189 Å². The Morgan fingerprint density at radius 1 is 0.361 bits per heavy atom. The molecule has 0 amide bonds. The Morgan fingerprint density at radius 3 is 1.49 bits per heavy atom. The Hall–Kier alpha value is -8.49. The Balaban J connectivity index is 1.11. The largest absolute Gasteiger partial charge is 0.464 e. The lowest BCUT2D eigenvalue weighted by molar-refractivity contribution is 0.616. The van der Waals surface area contributed by atoms with Gasteiger partial charge in [0.1, 0.15) is 27.9 Å². The van der Waals surface area contributed by atoms with Gasteiger partial charge in [0.05, 0.1) is 28.3 Å². The van der Waals surface area contributed by atoms with E-state index in [1.165, 1.54) is 0 Å². The van der Waals surface area contributed by atoms with Crippen LogP contribution in [0.2, 0.25) is 0 Å². The smallest absolute Gasteiger partial charge is 0.238 e. The Bertz CT molecular complexity index is 4010. The van der Waals surface area contributed by atoms with Crippen LogP contribution in [0.25, 0.3) is 133 Å². The van der Waals surface area contributed by atoms with E-state index >= 15 is 0 Å². The second kappa shape index (κ2) is 12.0. The van der Waals surface area contributed by atoms with Crippen molar-refractivity contribution in [1.29, 1.82) is 0 Å². The zero-order chi connectivity index (χ0) is 39.8. The molecular weight excluding hydrogens is 755 g/mol. The van der Waals surface area contributed by atoms with E-state index in [4.69, 9.17) is 28.2 Å². The highest BCUT2D eigenvalue weighted by molar-refractivity contribution is 6.24. The first-order valence-corrected chi connectivity index (χ1v) is 20.2. The van der Waals surface area contributed by atoms with Gasteiger partial charge < -0.3 is 17.8 Å². The van der Waals surface area contributed by atoms with Gasteiger partial charge in [-0.25, -0.2) is 4.98 Å². The zero-order valence-corrected chi connectivity index (χ0v) is 32.2. The van der Waals surface area contributed by atoms with E-state index in [9.17, 15) is 0 Å². The number of hydrogen-bond acceptors (Lipinski definition) is 6. The fourth-order valence-electron chi connectivity index (χ4n) is 9.52. The van der Waals surface area contributed by atoms with Gasteiger partial charge >= 0.3 is 0 Å². The second-order valence-electron chi connectivity index (χ2n) is 15.6. The number of aromatic nitrogens is 5. The van der Waals surface area contributed by atoms with Crippen molar-refractivity contribution < 1.29 is 13.3 Å². The molecule has 0 radical (unpaired) electrons. The average Bonchev–Trinajstić information content (AvgIpc) is 4.14.